The molecule has 0 aromatic heterocycles. The molecule has 162 valence electrons. The third-order valence-corrected chi connectivity index (χ3v) is 7.86. The standard InChI is InChI=1S/C21H33N3O4S/c1-4-17(2)24(19-8-13-29(26,27)16-19)21(25)15-22-9-11-23(12-10-22)18-6-5-7-20(14-18)28-3/h5-7,14,17,19H,4,8-13,15-16H2,1-3H3/t17-,19-/m1/s1. The quantitative estimate of drug-likeness (QED) is 0.664. The van der Waals surface area contributed by atoms with Crippen molar-refractivity contribution in [2.75, 3.05) is 56.2 Å². The van der Waals surface area contributed by atoms with Crippen LogP contribution in [0.15, 0.2) is 24.3 Å². The van der Waals surface area contributed by atoms with Gasteiger partial charge in [-0.2, -0.15) is 0 Å². The second-order valence-electron chi connectivity index (χ2n) is 8.08. The molecule has 8 heteroatoms. The first-order valence-corrected chi connectivity index (χ1v) is 12.3. The molecule has 1 aromatic carbocycles. The van der Waals surface area contributed by atoms with Crippen LogP contribution >= 0.6 is 0 Å². The van der Waals surface area contributed by atoms with Crippen LogP contribution in [0.4, 0.5) is 5.69 Å². The summed E-state index contributed by atoms with van der Waals surface area (Å²) in [4.78, 5) is 19.4. The number of benzene rings is 1. The van der Waals surface area contributed by atoms with Crippen molar-refractivity contribution in [3.63, 3.8) is 0 Å². The van der Waals surface area contributed by atoms with Gasteiger partial charge in [0.2, 0.25) is 5.91 Å². The highest BCUT2D eigenvalue weighted by atomic mass is 32.2. The van der Waals surface area contributed by atoms with E-state index in [1.54, 1.807) is 7.11 Å². The van der Waals surface area contributed by atoms with E-state index >= 15 is 0 Å². The van der Waals surface area contributed by atoms with Crippen molar-refractivity contribution in [1.82, 2.24) is 9.80 Å². The van der Waals surface area contributed by atoms with Crippen LogP contribution < -0.4 is 9.64 Å². The molecule has 0 bridgehead atoms. The molecular weight excluding hydrogens is 390 g/mol. The minimum Gasteiger partial charge on any atom is -0.497 e. The van der Waals surface area contributed by atoms with Gasteiger partial charge in [-0.15, -0.1) is 0 Å². The molecule has 3 rings (SSSR count). The first-order valence-electron chi connectivity index (χ1n) is 10.5. The fourth-order valence-electron chi connectivity index (χ4n) is 4.25. The van der Waals surface area contributed by atoms with Crippen molar-refractivity contribution in [2.24, 2.45) is 0 Å². The van der Waals surface area contributed by atoms with E-state index in [1.807, 2.05) is 36.9 Å². The molecule has 1 aromatic rings. The largest absolute Gasteiger partial charge is 0.497 e. The van der Waals surface area contributed by atoms with Gasteiger partial charge in [0, 0.05) is 50.0 Å². The Morgan fingerprint density at radius 3 is 2.59 bits per heavy atom. The number of hydrogen-bond acceptors (Lipinski definition) is 6. The first kappa shape index (κ1) is 21.9. The van der Waals surface area contributed by atoms with Gasteiger partial charge in [0.25, 0.3) is 0 Å². The molecule has 2 aliphatic rings. The average molecular weight is 424 g/mol. The lowest BCUT2D eigenvalue weighted by molar-refractivity contribution is -0.136. The third kappa shape index (κ3) is 5.42. The highest BCUT2D eigenvalue weighted by molar-refractivity contribution is 7.91. The maximum Gasteiger partial charge on any atom is 0.237 e. The topological polar surface area (TPSA) is 70.2 Å². The summed E-state index contributed by atoms with van der Waals surface area (Å²) < 4.78 is 29.2. The highest BCUT2D eigenvalue weighted by Crippen LogP contribution is 2.24. The Hall–Kier alpha value is -1.80. The smallest absolute Gasteiger partial charge is 0.237 e. The van der Waals surface area contributed by atoms with Crippen molar-refractivity contribution in [3.8, 4) is 5.75 Å². The zero-order valence-corrected chi connectivity index (χ0v) is 18.5. The molecule has 2 atom stereocenters. The molecule has 0 unspecified atom stereocenters. The van der Waals surface area contributed by atoms with Crippen LogP contribution in [0.3, 0.4) is 0 Å². The van der Waals surface area contributed by atoms with Gasteiger partial charge in [-0.1, -0.05) is 13.0 Å². The molecule has 0 saturated carbocycles. The van der Waals surface area contributed by atoms with Crippen molar-refractivity contribution in [1.29, 1.82) is 0 Å². The summed E-state index contributed by atoms with van der Waals surface area (Å²) in [7, 11) is -1.35. The minimum absolute atomic E-state index is 0.0521. The van der Waals surface area contributed by atoms with Crippen LogP contribution in [0.2, 0.25) is 0 Å². The lowest BCUT2D eigenvalue weighted by Gasteiger charge is -2.39. The Morgan fingerprint density at radius 2 is 2.00 bits per heavy atom. The van der Waals surface area contributed by atoms with E-state index < -0.39 is 9.84 Å². The third-order valence-electron chi connectivity index (χ3n) is 6.11. The number of rotatable bonds is 7. The number of carbonyl (C=O) groups is 1. The van der Waals surface area contributed by atoms with E-state index in [1.165, 1.54) is 0 Å². The maximum atomic E-state index is 13.1. The molecule has 2 heterocycles. The molecule has 29 heavy (non-hydrogen) atoms. The van der Waals surface area contributed by atoms with Gasteiger partial charge in [0.15, 0.2) is 9.84 Å². The number of hydrogen-bond donors (Lipinski definition) is 0. The molecule has 0 N–H and O–H groups in total. The van der Waals surface area contributed by atoms with E-state index in [9.17, 15) is 13.2 Å². The van der Waals surface area contributed by atoms with Crippen LogP contribution in [0.1, 0.15) is 26.7 Å². The number of ether oxygens (including phenoxy) is 1. The summed E-state index contributed by atoms with van der Waals surface area (Å²) >= 11 is 0. The lowest BCUT2D eigenvalue weighted by Crippen LogP contribution is -2.53. The minimum atomic E-state index is -3.02. The van der Waals surface area contributed by atoms with Crippen LogP contribution in [0.5, 0.6) is 5.75 Å². The van der Waals surface area contributed by atoms with E-state index in [-0.39, 0.29) is 29.5 Å². The van der Waals surface area contributed by atoms with Crippen LogP contribution in [0, 0.1) is 0 Å². The number of methoxy groups -OCH3 is 1. The molecule has 7 nitrogen and oxygen atoms in total. The van der Waals surface area contributed by atoms with Crippen molar-refractivity contribution >= 4 is 21.4 Å². The predicted octanol–water partition coefficient (Wildman–Crippen LogP) is 1.63. The number of carbonyl (C=O) groups excluding carboxylic acids is 1. The summed E-state index contributed by atoms with van der Waals surface area (Å²) in [5.74, 6) is 1.19. The fourth-order valence-corrected chi connectivity index (χ4v) is 5.96. The molecule has 0 radical (unpaired) electrons. The number of anilines is 1. The number of piperazine rings is 1. The SMILES string of the molecule is CC[C@@H](C)N(C(=O)CN1CCN(c2cccc(OC)c2)CC1)[C@@H]1CCS(=O)(=O)C1. The Kier molecular flexibility index (Phi) is 7.05. The normalized spacial score (nSPS) is 23.0. The summed E-state index contributed by atoms with van der Waals surface area (Å²) in [6.45, 7) is 7.72. The van der Waals surface area contributed by atoms with Gasteiger partial charge in [-0.25, -0.2) is 8.42 Å². The van der Waals surface area contributed by atoms with Crippen molar-refractivity contribution in [2.45, 2.75) is 38.8 Å². The molecule has 0 spiro atoms. The molecule has 0 aliphatic carbocycles. The number of nitrogens with zero attached hydrogens (tertiary/aromatic N) is 3. The Morgan fingerprint density at radius 1 is 1.28 bits per heavy atom. The lowest BCUT2D eigenvalue weighted by atomic mass is 10.1. The van der Waals surface area contributed by atoms with Gasteiger partial charge < -0.3 is 14.5 Å². The first-order chi connectivity index (χ1) is 13.8. The van der Waals surface area contributed by atoms with Crippen LogP contribution in [0.25, 0.3) is 0 Å². The van der Waals surface area contributed by atoms with E-state index in [0.29, 0.717) is 13.0 Å². The van der Waals surface area contributed by atoms with E-state index in [0.717, 1.165) is 44.0 Å². The summed E-state index contributed by atoms with van der Waals surface area (Å²) in [5.41, 5.74) is 1.13. The van der Waals surface area contributed by atoms with Gasteiger partial charge in [0.05, 0.1) is 25.2 Å². The van der Waals surface area contributed by atoms with Gasteiger partial charge >= 0.3 is 0 Å². The summed E-state index contributed by atoms with van der Waals surface area (Å²) in [6.07, 6.45) is 1.38. The molecule has 2 aliphatic heterocycles. The van der Waals surface area contributed by atoms with Crippen molar-refractivity contribution < 1.29 is 17.9 Å². The Bertz CT molecular complexity index is 806. The second kappa shape index (κ2) is 9.34. The second-order valence-corrected chi connectivity index (χ2v) is 10.3. The van der Waals surface area contributed by atoms with Gasteiger partial charge in [-0.3, -0.25) is 9.69 Å². The molecule has 2 fully saturated rings. The summed E-state index contributed by atoms with van der Waals surface area (Å²) in [5, 5.41) is 0. The van der Waals surface area contributed by atoms with E-state index in [2.05, 4.69) is 15.9 Å². The average Bonchev–Trinajstić information content (AvgIpc) is 3.07. The number of amides is 1. The molecule has 2 saturated heterocycles. The summed E-state index contributed by atoms with van der Waals surface area (Å²) in [6, 6.07) is 7.91. The molecular formula is C21H33N3O4S. The zero-order valence-electron chi connectivity index (χ0n) is 17.7. The molecule has 1 amide bonds. The Labute approximate surface area is 174 Å². The van der Waals surface area contributed by atoms with Gasteiger partial charge in [-0.05, 0) is 31.9 Å². The number of sulfone groups is 1. The maximum absolute atomic E-state index is 13.1. The van der Waals surface area contributed by atoms with Crippen molar-refractivity contribution in [3.05, 3.63) is 24.3 Å². The Balaban J connectivity index is 1.58. The van der Waals surface area contributed by atoms with Crippen LogP contribution in [-0.2, 0) is 14.6 Å². The van der Waals surface area contributed by atoms with Crippen LogP contribution in [-0.4, -0.2) is 87.5 Å². The zero-order chi connectivity index (χ0) is 21.0. The van der Waals surface area contributed by atoms with Gasteiger partial charge in [0.1, 0.15) is 5.75 Å². The fraction of sp³-hybridized carbons (Fsp3) is 0.667. The predicted molar refractivity (Wildman–Crippen MR) is 115 cm³/mol. The monoisotopic (exact) mass is 423 g/mol. The van der Waals surface area contributed by atoms with E-state index in [4.69, 9.17) is 4.74 Å². The highest BCUT2D eigenvalue weighted by Gasteiger charge is 2.37.